The highest BCUT2D eigenvalue weighted by molar-refractivity contribution is 7.92. The second kappa shape index (κ2) is 14.0. The van der Waals surface area contributed by atoms with Crippen LogP contribution < -0.4 is 9.62 Å². The number of nitrogens with zero attached hydrogens (tertiary/aromatic N) is 2. The van der Waals surface area contributed by atoms with Crippen LogP contribution in [0.2, 0.25) is 0 Å². The molecule has 3 aromatic carbocycles. The highest BCUT2D eigenvalue weighted by Gasteiger charge is 2.33. The topological polar surface area (TPSA) is 86.8 Å². The maximum absolute atomic E-state index is 14.2. The Morgan fingerprint density at radius 3 is 2.05 bits per heavy atom. The maximum atomic E-state index is 14.2. The third-order valence-electron chi connectivity index (χ3n) is 7.57. The minimum absolute atomic E-state index is 0.0833. The van der Waals surface area contributed by atoms with Crippen molar-refractivity contribution >= 4 is 27.5 Å². The van der Waals surface area contributed by atoms with Crippen LogP contribution in [0.15, 0.2) is 78.9 Å². The third-order valence-corrected chi connectivity index (χ3v) is 8.72. The summed E-state index contributed by atoms with van der Waals surface area (Å²) < 4.78 is 27.2. The minimum Gasteiger partial charge on any atom is -0.352 e. The number of anilines is 1. The molecule has 7 nitrogen and oxygen atoms in total. The molecule has 0 aliphatic carbocycles. The lowest BCUT2D eigenvalue weighted by molar-refractivity contribution is -0.140. The van der Waals surface area contributed by atoms with Gasteiger partial charge in [0.05, 0.1) is 11.9 Å². The highest BCUT2D eigenvalue weighted by atomic mass is 32.2. The van der Waals surface area contributed by atoms with Gasteiger partial charge in [0.15, 0.2) is 0 Å². The van der Waals surface area contributed by atoms with Gasteiger partial charge < -0.3 is 10.2 Å². The van der Waals surface area contributed by atoms with Crippen molar-refractivity contribution in [2.45, 2.75) is 78.4 Å². The lowest BCUT2D eigenvalue weighted by Crippen LogP contribution is -2.54. The molecule has 0 saturated heterocycles. The van der Waals surface area contributed by atoms with Crippen molar-refractivity contribution < 1.29 is 18.0 Å². The molecule has 0 aliphatic rings. The van der Waals surface area contributed by atoms with E-state index in [9.17, 15) is 18.0 Å². The predicted molar refractivity (Wildman–Crippen MR) is 171 cm³/mol. The number of hydrogen-bond acceptors (Lipinski definition) is 4. The molecule has 0 saturated carbocycles. The van der Waals surface area contributed by atoms with Crippen LogP contribution in [0.1, 0.15) is 63.3 Å². The molecule has 0 heterocycles. The Morgan fingerprint density at radius 2 is 1.50 bits per heavy atom. The summed E-state index contributed by atoms with van der Waals surface area (Å²) in [5.41, 5.74) is 4.12. The number of sulfonamides is 1. The number of rotatable bonds is 12. The average molecular weight is 592 g/mol. The number of aryl methyl sites for hydroxylation is 1. The van der Waals surface area contributed by atoms with Gasteiger partial charge in [-0.1, -0.05) is 94.4 Å². The van der Waals surface area contributed by atoms with Gasteiger partial charge in [-0.2, -0.15) is 0 Å². The van der Waals surface area contributed by atoms with Crippen molar-refractivity contribution in [3.05, 3.63) is 101 Å². The van der Waals surface area contributed by atoms with Gasteiger partial charge >= 0.3 is 0 Å². The van der Waals surface area contributed by atoms with E-state index < -0.39 is 28.5 Å². The maximum Gasteiger partial charge on any atom is 0.244 e. The zero-order valence-corrected chi connectivity index (χ0v) is 26.7. The fraction of sp³-hybridized carbons (Fsp3) is 0.412. The molecule has 3 rings (SSSR count). The van der Waals surface area contributed by atoms with Crippen LogP contribution in [0.5, 0.6) is 0 Å². The normalized spacial score (nSPS) is 13.2. The van der Waals surface area contributed by atoms with E-state index in [0.717, 1.165) is 39.2 Å². The predicted octanol–water partition coefficient (Wildman–Crippen LogP) is 5.61. The summed E-state index contributed by atoms with van der Waals surface area (Å²) in [7, 11) is -3.82. The summed E-state index contributed by atoms with van der Waals surface area (Å²) in [5.74, 6) is -0.723. The Kier molecular flexibility index (Phi) is 11.0. The van der Waals surface area contributed by atoms with E-state index in [2.05, 4.69) is 26.1 Å². The monoisotopic (exact) mass is 591 g/mol. The van der Waals surface area contributed by atoms with E-state index in [4.69, 9.17) is 0 Å². The quantitative estimate of drug-likeness (QED) is 0.297. The van der Waals surface area contributed by atoms with Crippen LogP contribution in [0, 0.1) is 6.92 Å². The molecule has 0 aliphatic heterocycles. The van der Waals surface area contributed by atoms with Crippen LogP contribution in [0.4, 0.5) is 5.69 Å². The zero-order valence-electron chi connectivity index (χ0n) is 25.9. The Bertz CT molecular complexity index is 1450. The molecule has 0 aromatic heterocycles. The van der Waals surface area contributed by atoms with Gasteiger partial charge in [0.2, 0.25) is 21.8 Å². The fourth-order valence-corrected chi connectivity index (χ4v) is 5.56. The van der Waals surface area contributed by atoms with Gasteiger partial charge in [0.25, 0.3) is 0 Å². The number of nitrogens with one attached hydrogen (secondary N) is 1. The fourth-order valence-electron chi connectivity index (χ4n) is 4.71. The summed E-state index contributed by atoms with van der Waals surface area (Å²) in [4.78, 5) is 29.6. The molecule has 226 valence electrons. The van der Waals surface area contributed by atoms with E-state index in [1.54, 1.807) is 12.1 Å². The van der Waals surface area contributed by atoms with Gasteiger partial charge in [0, 0.05) is 19.0 Å². The summed E-state index contributed by atoms with van der Waals surface area (Å²) >= 11 is 0. The van der Waals surface area contributed by atoms with Gasteiger partial charge in [-0.05, 0) is 60.1 Å². The van der Waals surface area contributed by atoms with Crippen molar-refractivity contribution in [3.8, 4) is 0 Å². The number of carbonyl (C=O) groups is 2. The van der Waals surface area contributed by atoms with Gasteiger partial charge in [-0.3, -0.25) is 13.9 Å². The summed E-state index contributed by atoms with van der Waals surface area (Å²) in [6, 6.07) is 23.6. The second-order valence-electron chi connectivity index (χ2n) is 12.0. The van der Waals surface area contributed by atoms with E-state index in [1.807, 2.05) is 87.5 Å². The zero-order chi connectivity index (χ0) is 31.1. The number of benzene rings is 3. The molecule has 8 heteroatoms. The molecule has 0 spiro atoms. The molecule has 1 N–H and O–H groups in total. The van der Waals surface area contributed by atoms with Crippen molar-refractivity contribution in [1.29, 1.82) is 0 Å². The third kappa shape index (κ3) is 8.92. The first-order valence-electron chi connectivity index (χ1n) is 14.5. The summed E-state index contributed by atoms with van der Waals surface area (Å²) in [6.07, 6.45) is 2.13. The first-order valence-corrected chi connectivity index (χ1v) is 16.3. The van der Waals surface area contributed by atoms with Crippen LogP contribution in [-0.4, -0.2) is 50.0 Å². The van der Waals surface area contributed by atoms with Crippen molar-refractivity contribution in [2.24, 2.45) is 0 Å². The lowest BCUT2D eigenvalue weighted by Gasteiger charge is -2.34. The Morgan fingerprint density at radius 1 is 0.905 bits per heavy atom. The molecule has 3 aromatic rings. The second-order valence-corrected chi connectivity index (χ2v) is 13.9. The first kappa shape index (κ1) is 32.9. The van der Waals surface area contributed by atoms with Crippen LogP contribution in [0.25, 0.3) is 0 Å². The van der Waals surface area contributed by atoms with Crippen LogP contribution in [-0.2, 0) is 38.0 Å². The molecule has 0 bridgehead atoms. The molecule has 2 atom stereocenters. The SMILES string of the molecule is CC[C@H](C)NC(=O)[C@H](Cc1ccccc1)N(Cc1ccccc1C)C(=O)CN(c1ccc(C(C)(C)C)cc1)S(C)(=O)=O. The summed E-state index contributed by atoms with van der Waals surface area (Å²) in [6.45, 7) is 11.9. The van der Waals surface area contributed by atoms with Gasteiger partial charge in [-0.15, -0.1) is 0 Å². The summed E-state index contributed by atoms with van der Waals surface area (Å²) in [5, 5.41) is 3.06. The largest absolute Gasteiger partial charge is 0.352 e. The van der Waals surface area contributed by atoms with Crippen molar-refractivity contribution in [2.75, 3.05) is 17.1 Å². The molecular formula is C34H45N3O4S. The highest BCUT2D eigenvalue weighted by Crippen LogP contribution is 2.26. The van der Waals surface area contributed by atoms with Crippen molar-refractivity contribution in [1.82, 2.24) is 10.2 Å². The first-order chi connectivity index (χ1) is 19.7. The molecular weight excluding hydrogens is 546 g/mol. The smallest absolute Gasteiger partial charge is 0.244 e. The van der Waals surface area contributed by atoms with E-state index in [-0.39, 0.29) is 23.9 Å². The molecule has 2 amide bonds. The standard InChI is InChI=1S/C34H45N3O4S/c1-8-26(3)35-33(39)31(22-27-15-10-9-11-16-27)36(23-28-17-13-12-14-25(28)2)32(38)24-37(42(7,40)41)30-20-18-29(19-21-30)34(4,5)6/h9-21,26,31H,8,22-24H2,1-7H3,(H,35,39)/t26-,31-/m0/s1. The Balaban J connectivity index is 2.07. The average Bonchev–Trinajstić information content (AvgIpc) is 2.93. The van der Waals surface area contributed by atoms with Crippen LogP contribution >= 0.6 is 0 Å². The van der Waals surface area contributed by atoms with E-state index in [1.165, 1.54) is 4.90 Å². The van der Waals surface area contributed by atoms with Gasteiger partial charge in [-0.25, -0.2) is 8.42 Å². The lowest BCUT2D eigenvalue weighted by atomic mass is 9.87. The molecule has 0 fully saturated rings. The van der Waals surface area contributed by atoms with Crippen molar-refractivity contribution in [3.63, 3.8) is 0 Å². The molecule has 0 unspecified atom stereocenters. The molecule has 42 heavy (non-hydrogen) atoms. The van der Waals surface area contributed by atoms with E-state index in [0.29, 0.717) is 12.1 Å². The van der Waals surface area contributed by atoms with Gasteiger partial charge in [0.1, 0.15) is 12.6 Å². The Hall–Kier alpha value is -3.65. The number of carbonyl (C=O) groups excluding carboxylic acids is 2. The number of hydrogen-bond donors (Lipinski definition) is 1. The van der Waals surface area contributed by atoms with E-state index >= 15 is 0 Å². The minimum atomic E-state index is -3.82. The molecule has 0 radical (unpaired) electrons. The Labute approximate surface area is 252 Å². The van der Waals surface area contributed by atoms with Crippen LogP contribution in [0.3, 0.4) is 0 Å². The number of amides is 2.